The van der Waals surface area contributed by atoms with Crippen LogP contribution in [0.4, 0.5) is 0 Å². The molecule has 0 saturated carbocycles. The van der Waals surface area contributed by atoms with E-state index in [-0.39, 0.29) is 18.2 Å². The van der Waals surface area contributed by atoms with E-state index in [2.05, 4.69) is 4.98 Å². The number of rotatable bonds is 0. The van der Waals surface area contributed by atoms with E-state index in [9.17, 15) is 0 Å². The molecule has 0 amide bonds. The average molecular weight is 182 g/mol. The lowest BCUT2D eigenvalue weighted by atomic mass is 10.2. The summed E-state index contributed by atoms with van der Waals surface area (Å²) in [4.78, 5) is 4.11. The molecule has 0 fully saturated rings. The van der Waals surface area contributed by atoms with Crippen molar-refractivity contribution in [1.82, 2.24) is 4.98 Å². The number of phenolic OH excluding ortho intramolecular Hbond substituents is 1. The number of pyridine rings is 1. The quantitative estimate of drug-likeness (QED) is 0.677. The minimum Gasteiger partial charge on any atom is -0.508 e. The lowest BCUT2D eigenvalue weighted by Crippen LogP contribution is -1.75. The van der Waals surface area contributed by atoms with Crippen molar-refractivity contribution in [3.63, 3.8) is 0 Å². The van der Waals surface area contributed by atoms with Gasteiger partial charge < -0.3 is 5.11 Å². The van der Waals surface area contributed by atoms with Crippen LogP contribution in [0.15, 0.2) is 36.5 Å². The average Bonchev–Trinajstić information content (AvgIpc) is 2.04. The summed E-state index contributed by atoms with van der Waals surface area (Å²) in [6.07, 6.45) is 1.74. The first-order valence-corrected chi connectivity index (χ1v) is 3.40. The molecule has 1 aromatic carbocycles. The van der Waals surface area contributed by atoms with Crippen molar-refractivity contribution in [3.05, 3.63) is 36.5 Å². The number of benzene rings is 1. The molecular weight excluding hydrogens is 174 g/mol. The van der Waals surface area contributed by atoms with Gasteiger partial charge in [-0.1, -0.05) is 6.07 Å². The first kappa shape index (κ1) is 8.81. The Labute approximate surface area is 76.3 Å². The predicted molar refractivity (Wildman–Crippen MR) is 50.7 cm³/mol. The molecule has 2 aromatic rings. The van der Waals surface area contributed by atoms with Gasteiger partial charge in [0.1, 0.15) is 5.75 Å². The molecule has 0 bridgehead atoms. The highest BCUT2D eigenvalue weighted by Crippen LogP contribution is 2.16. The van der Waals surface area contributed by atoms with Crippen molar-refractivity contribution >= 4 is 23.3 Å². The lowest BCUT2D eigenvalue weighted by molar-refractivity contribution is 0.476. The van der Waals surface area contributed by atoms with Crippen molar-refractivity contribution in [2.24, 2.45) is 0 Å². The van der Waals surface area contributed by atoms with Crippen molar-refractivity contribution in [2.45, 2.75) is 0 Å². The number of hydrogen-bond donors (Lipinski definition) is 1. The first-order chi connectivity index (χ1) is 5.36. The van der Waals surface area contributed by atoms with Gasteiger partial charge in [0.25, 0.3) is 0 Å². The summed E-state index contributed by atoms with van der Waals surface area (Å²) in [6, 6.07) is 8.90. The van der Waals surface area contributed by atoms with E-state index in [1.807, 2.05) is 12.1 Å². The van der Waals surface area contributed by atoms with Crippen LogP contribution in [0.2, 0.25) is 0 Å². The Kier molecular flexibility index (Phi) is 2.51. The fourth-order valence-electron chi connectivity index (χ4n) is 1.06. The number of hydrogen-bond acceptors (Lipinski definition) is 2. The number of aromatic hydroxyl groups is 1. The monoisotopic (exact) mass is 181 g/mol. The molecule has 12 heavy (non-hydrogen) atoms. The standard InChI is InChI=1S/C9H7NO.ClH/c11-8-3-4-9-7(6-8)2-1-5-10-9;/h1-6,11H;1H. The maximum absolute atomic E-state index is 9.10. The third kappa shape index (κ3) is 1.48. The maximum Gasteiger partial charge on any atom is 0.116 e. The molecule has 3 heteroatoms. The minimum atomic E-state index is 0. The topological polar surface area (TPSA) is 33.1 Å². The molecule has 1 N–H and O–H groups in total. The van der Waals surface area contributed by atoms with Crippen LogP contribution in [0.1, 0.15) is 0 Å². The Bertz CT molecular complexity index is 389. The SMILES string of the molecule is Cl.Oc1ccc2ncccc2c1. The number of halogens is 1. The second kappa shape index (κ2) is 3.41. The van der Waals surface area contributed by atoms with Gasteiger partial charge in [0.05, 0.1) is 5.52 Å². The molecule has 62 valence electrons. The molecule has 0 aliphatic rings. The highest BCUT2D eigenvalue weighted by Gasteiger charge is 1.92. The molecule has 1 aromatic heterocycles. The molecular formula is C9H8ClNO. The zero-order valence-electron chi connectivity index (χ0n) is 6.27. The molecule has 2 rings (SSSR count). The van der Waals surface area contributed by atoms with Crippen molar-refractivity contribution in [3.8, 4) is 5.75 Å². The molecule has 0 spiro atoms. The van der Waals surface area contributed by atoms with Gasteiger partial charge in [0.15, 0.2) is 0 Å². The summed E-state index contributed by atoms with van der Waals surface area (Å²) in [7, 11) is 0. The van der Waals surface area contributed by atoms with Crippen LogP contribution in [0.5, 0.6) is 5.75 Å². The maximum atomic E-state index is 9.10. The van der Waals surface area contributed by atoms with Crippen molar-refractivity contribution in [1.29, 1.82) is 0 Å². The largest absolute Gasteiger partial charge is 0.508 e. The number of fused-ring (bicyclic) bond motifs is 1. The van der Waals surface area contributed by atoms with Crippen molar-refractivity contribution < 1.29 is 5.11 Å². The van der Waals surface area contributed by atoms with Gasteiger partial charge in [0.2, 0.25) is 0 Å². The van der Waals surface area contributed by atoms with E-state index in [1.165, 1.54) is 0 Å². The Morgan fingerprint density at radius 2 is 2.00 bits per heavy atom. The summed E-state index contributed by atoms with van der Waals surface area (Å²) in [5.74, 6) is 0.283. The van der Waals surface area contributed by atoms with Gasteiger partial charge in [0, 0.05) is 11.6 Å². The molecule has 2 nitrogen and oxygen atoms in total. The molecule has 0 aliphatic heterocycles. The highest BCUT2D eigenvalue weighted by atomic mass is 35.5. The summed E-state index contributed by atoms with van der Waals surface area (Å²) >= 11 is 0. The first-order valence-electron chi connectivity index (χ1n) is 3.40. The third-order valence-electron chi connectivity index (χ3n) is 1.59. The Balaban J connectivity index is 0.000000720. The second-order valence-electron chi connectivity index (χ2n) is 2.38. The van der Waals surface area contributed by atoms with Crippen LogP contribution in [0, 0.1) is 0 Å². The Hall–Kier alpha value is -1.28. The molecule has 0 atom stereocenters. The lowest BCUT2D eigenvalue weighted by Gasteiger charge is -1.95. The summed E-state index contributed by atoms with van der Waals surface area (Å²) in [6.45, 7) is 0. The van der Waals surface area contributed by atoms with Crippen LogP contribution in [0.3, 0.4) is 0 Å². The van der Waals surface area contributed by atoms with Crippen LogP contribution < -0.4 is 0 Å². The Morgan fingerprint density at radius 1 is 1.17 bits per heavy atom. The second-order valence-corrected chi connectivity index (χ2v) is 2.38. The molecule has 0 unspecified atom stereocenters. The summed E-state index contributed by atoms with van der Waals surface area (Å²) in [5, 5.41) is 10.1. The van der Waals surface area contributed by atoms with E-state index >= 15 is 0 Å². The number of aromatic nitrogens is 1. The van der Waals surface area contributed by atoms with Crippen LogP contribution >= 0.6 is 12.4 Å². The van der Waals surface area contributed by atoms with Crippen LogP contribution in [-0.4, -0.2) is 10.1 Å². The minimum absolute atomic E-state index is 0. The van der Waals surface area contributed by atoms with Gasteiger partial charge in [-0.3, -0.25) is 4.98 Å². The van der Waals surface area contributed by atoms with Crippen molar-refractivity contribution in [2.75, 3.05) is 0 Å². The summed E-state index contributed by atoms with van der Waals surface area (Å²) in [5.41, 5.74) is 0.908. The van der Waals surface area contributed by atoms with E-state index < -0.39 is 0 Å². The van der Waals surface area contributed by atoms with Crippen LogP contribution in [-0.2, 0) is 0 Å². The smallest absolute Gasteiger partial charge is 0.116 e. The number of phenols is 1. The Morgan fingerprint density at radius 3 is 2.83 bits per heavy atom. The fourth-order valence-corrected chi connectivity index (χ4v) is 1.06. The van der Waals surface area contributed by atoms with E-state index in [4.69, 9.17) is 5.11 Å². The number of nitrogens with zero attached hydrogens (tertiary/aromatic N) is 1. The van der Waals surface area contributed by atoms with Gasteiger partial charge in [-0.15, -0.1) is 12.4 Å². The fraction of sp³-hybridized carbons (Fsp3) is 0. The van der Waals surface area contributed by atoms with Crippen LogP contribution in [0.25, 0.3) is 10.9 Å². The van der Waals surface area contributed by atoms with E-state index in [1.54, 1.807) is 24.4 Å². The summed E-state index contributed by atoms with van der Waals surface area (Å²) < 4.78 is 0. The molecule has 0 radical (unpaired) electrons. The van der Waals surface area contributed by atoms with Gasteiger partial charge in [-0.05, 0) is 24.3 Å². The normalized spacial score (nSPS) is 9.33. The zero-order valence-corrected chi connectivity index (χ0v) is 7.08. The van der Waals surface area contributed by atoms with E-state index in [0.717, 1.165) is 10.9 Å². The molecule has 0 aliphatic carbocycles. The van der Waals surface area contributed by atoms with Gasteiger partial charge in [-0.2, -0.15) is 0 Å². The third-order valence-corrected chi connectivity index (χ3v) is 1.59. The zero-order chi connectivity index (χ0) is 7.68. The van der Waals surface area contributed by atoms with E-state index in [0.29, 0.717) is 0 Å². The molecule has 0 saturated heterocycles. The predicted octanol–water partition coefficient (Wildman–Crippen LogP) is 2.36. The molecule has 1 heterocycles. The van der Waals surface area contributed by atoms with Gasteiger partial charge in [-0.25, -0.2) is 0 Å². The highest BCUT2D eigenvalue weighted by molar-refractivity contribution is 5.85. The van der Waals surface area contributed by atoms with Gasteiger partial charge >= 0.3 is 0 Å².